The van der Waals surface area contributed by atoms with Crippen LogP contribution in [-0.4, -0.2) is 10.5 Å². The van der Waals surface area contributed by atoms with Crippen LogP contribution in [0, 0.1) is 17.1 Å². The first-order valence-corrected chi connectivity index (χ1v) is 9.29. The standard InChI is InChI=1S/C22H17ClFN3O/c1-13(2)26-10-9-17-21(26)20(15-5-3-14(12-25)4-6-15)27(22(17)28)16-7-8-19(24)18(23)11-16/h3-11,13,20H,1-2H3. The van der Waals surface area contributed by atoms with Gasteiger partial charge in [-0.05, 0) is 55.8 Å². The van der Waals surface area contributed by atoms with Gasteiger partial charge < -0.3 is 4.57 Å². The molecule has 0 N–H and O–H groups in total. The minimum Gasteiger partial charge on any atom is -0.346 e. The Kier molecular flexibility index (Phi) is 4.44. The Balaban J connectivity index is 1.92. The lowest BCUT2D eigenvalue weighted by atomic mass is 10.0. The molecule has 1 amide bonds. The summed E-state index contributed by atoms with van der Waals surface area (Å²) in [7, 11) is 0. The molecule has 1 aliphatic rings. The van der Waals surface area contributed by atoms with Crippen molar-refractivity contribution in [3.05, 3.63) is 88.0 Å². The van der Waals surface area contributed by atoms with E-state index < -0.39 is 11.9 Å². The van der Waals surface area contributed by atoms with Crippen molar-refractivity contribution in [3.8, 4) is 6.07 Å². The number of benzene rings is 2. The number of nitrogens with zero attached hydrogens (tertiary/aromatic N) is 3. The van der Waals surface area contributed by atoms with Crippen molar-refractivity contribution in [3.63, 3.8) is 0 Å². The molecule has 3 aromatic rings. The number of hydrogen-bond donors (Lipinski definition) is 0. The van der Waals surface area contributed by atoms with Gasteiger partial charge in [0, 0.05) is 17.9 Å². The van der Waals surface area contributed by atoms with Crippen molar-refractivity contribution in [2.75, 3.05) is 4.90 Å². The first kappa shape index (κ1) is 18.3. The van der Waals surface area contributed by atoms with Crippen molar-refractivity contribution in [1.29, 1.82) is 5.26 Å². The van der Waals surface area contributed by atoms with E-state index in [1.54, 1.807) is 23.1 Å². The summed E-state index contributed by atoms with van der Waals surface area (Å²) in [5.41, 5.74) is 3.43. The van der Waals surface area contributed by atoms with Crippen LogP contribution in [0.1, 0.15) is 53.1 Å². The Labute approximate surface area is 167 Å². The molecule has 1 aromatic heterocycles. The van der Waals surface area contributed by atoms with Crippen molar-refractivity contribution in [2.24, 2.45) is 0 Å². The molecule has 2 heterocycles. The summed E-state index contributed by atoms with van der Waals surface area (Å²) in [6.07, 6.45) is 1.92. The minimum absolute atomic E-state index is 0.0350. The van der Waals surface area contributed by atoms with E-state index in [1.807, 2.05) is 24.4 Å². The molecule has 0 fully saturated rings. The quantitative estimate of drug-likeness (QED) is 0.591. The van der Waals surface area contributed by atoms with Gasteiger partial charge in [-0.1, -0.05) is 23.7 Å². The van der Waals surface area contributed by atoms with Crippen LogP contribution in [0.4, 0.5) is 10.1 Å². The molecule has 1 unspecified atom stereocenters. The maximum atomic E-state index is 13.7. The Bertz CT molecular complexity index is 1110. The van der Waals surface area contributed by atoms with Crippen LogP contribution in [0.3, 0.4) is 0 Å². The van der Waals surface area contributed by atoms with Gasteiger partial charge in [-0.25, -0.2) is 4.39 Å². The number of nitriles is 1. The molecule has 1 atom stereocenters. The van der Waals surface area contributed by atoms with Crippen molar-refractivity contribution in [1.82, 2.24) is 4.57 Å². The van der Waals surface area contributed by atoms with E-state index in [2.05, 4.69) is 24.5 Å². The van der Waals surface area contributed by atoms with Gasteiger partial charge >= 0.3 is 0 Å². The fourth-order valence-corrected chi connectivity index (χ4v) is 3.87. The van der Waals surface area contributed by atoms with Gasteiger partial charge in [0.15, 0.2) is 0 Å². The van der Waals surface area contributed by atoms with Gasteiger partial charge in [0.2, 0.25) is 0 Å². The second kappa shape index (κ2) is 6.81. The van der Waals surface area contributed by atoms with Crippen LogP contribution < -0.4 is 4.90 Å². The highest BCUT2D eigenvalue weighted by Crippen LogP contribution is 2.43. The van der Waals surface area contributed by atoms with Crippen LogP contribution >= 0.6 is 11.6 Å². The molecule has 140 valence electrons. The van der Waals surface area contributed by atoms with Crippen LogP contribution in [0.15, 0.2) is 54.7 Å². The van der Waals surface area contributed by atoms with E-state index in [4.69, 9.17) is 16.9 Å². The number of fused-ring (bicyclic) bond motifs is 1. The Morgan fingerprint density at radius 3 is 2.46 bits per heavy atom. The fraction of sp³-hybridized carbons (Fsp3) is 0.182. The largest absolute Gasteiger partial charge is 0.346 e. The molecule has 0 saturated carbocycles. The van der Waals surface area contributed by atoms with Crippen molar-refractivity contribution < 1.29 is 9.18 Å². The Morgan fingerprint density at radius 2 is 1.86 bits per heavy atom. The lowest BCUT2D eigenvalue weighted by molar-refractivity contribution is 0.0993. The molecule has 0 bridgehead atoms. The van der Waals surface area contributed by atoms with Gasteiger partial charge in [-0.3, -0.25) is 9.69 Å². The number of carbonyl (C=O) groups excluding carboxylic acids is 1. The van der Waals surface area contributed by atoms with Gasteiger partial charge in [0.05, 0.1) is 27.9 Å². The van der Waals surface area contributed by atoms with Gasteiger partial charge in [-0.15, -0.1) is 0 Å². The van der Waals surface area contributed by atoms with Crippen LogP contribution in [-0.2, 0) is 0 Å². The maximum absolute atomic E-state index is 13.7. The summed E-state index contributed by atoms with van der Waals surface area (Å²) in [6, 6.07) is 15.1. The van der Waals surface area contributed by atoms with Crippen molar-refractivity contribution in [2.45, 2.75) is 25.9 Å². The normalized spacial score (nSPS) is 15.8. The van der Waals surface area contributed by atoms with E-state index in [0.29, 0.717) is 16.8 Å². The van der Waals surface area contributed by atoms with Crippen molar-refractivity contribution >= 4 is 23.2 Å². The first-order valence-electron chi connectivity index (χ1n) is 8.91. The average molecular weight is 394 g/mol. The number of carbonyl (C=O) groups is 1. The van der Waals surface area contributed by atoms with Crippen LogP contribution in [0.2, 0.25) is 5.02 Å². The SMILES string of the molecule is CC(C)n1ccc2c1C(c1ccc(C#N)cc1)N(c1ccc(F)c(Cl)c1)C2=O. The summed E-state index contributed by atoms with van der Waals surface area (Å²) in [4.78, 5) is 14.9. The van der Waals surface area contributed by atoms with E-state index in [9.17, 15) is 9.18 Å². The maximum Gasteiger partial charge on any atom is 0.261 e. The zero-order valence-electron chi connectivity index (χ0n) is 15.4. The summed E-state index contributed by atoms with van der Waals surface area (Å²) in [5.74, 6) is -0.692. The summed E-state index contributed by atoms with van der Waals surface area (Å²) in [6.45, 7) is 4.11. The molecule has 0 spiro atoms. The van der Waals surface area contributed by atoms with Crippen LogP contribution in [0.25, 0.3) is 0 Å². The average Bonchev–Trinajstić information content (AvgIpc) is 3.23. The zero-order valence-corrected chi connectivity index (χ0v) is 16.1. The van der Waals surface area contributed by atoms with Gasteiger partial charge in [-0.2, -0.15) is 5.26 Å². The molecule has 0 radical (unpaired) electrons. The lowest BCUT2D eigenvalue weighted by Gasteiger charge is -2.28. The summed E-state index contributed by atoms with van der Waals surface area (Å²) >= 11 is 5.99. The molecular weight excluding hydrogens is 377 g/mol. The molecular formula is C22H17ClFN3O. The van der Waals surface area contributed by atoms with Gasteiger partial charge in [0.1, 0.15) is 11.9 Å². The third-order valence-corrected chi connectivity index (χ3v) is 5.31. The number of amides is 1. The summed E-state index contributed by atoms with van der Waals surface area (Å²) in [5, 5.41) is 9.06. The van der Waals surface area contributed by atoms with E-state index in [-0.39, 0.29) is 17.0 Å². The summed E-state index contributed by atoms with van der Waals surface area (Å²) < 4.78 is 15.8. The zero-order chi connectivity index (χ0) is 20.0. The number of anilines is 1. The molecule has 4 nitrogen and oxygen atoms in total. The van der Waals surface area contributed by atoms with Gasteiger partial charge in [0.25, 0.3) is 5.91 Å². The molecule has 28 heavy (non-hydrogen) atoms. The number of halogens is 2. The molecule has 0 aliphatic carbocycles. The third-order valence-electron chi connectivity index (χ3n) is 5.02. The molecule has 2 aromatic carbocycles. The van der Waals surface area contributed by atoms with E-state index in [1.165, 1.54) is 12.1 Å². The highest BCUT2D eigenvalue weighted by Gasteiger charge is 2.41. The number of aromatic nitrogens is 1. The minimum atomic E-state index is -0.531. The smallest absolute Gasteiger partial charge is 0.261 e. The second-order valence-electron chi connectivity index (χ2n) is 7.03. The van der Waals surface area contributed by atoms with E-state index in [0.717, 1.165) is 11.3 Å². The topological polar surface area (TPSA) is 49.0 Å². The lowest BCUT2D eigenvalue weighted by Crippen LogP contribution is -2.29. The molecule has 1 aliphatic heterocycles. The predicted molar refractivity (Wildman–Crippen MR) is 106 cm³/mol. The monoisotopic (exact) mass is 393 g/mol. The highest BCUT2D eigenvalue weighted by atomic mass is 35.5. The molecule has 4 rings (SSSR count). The Morgan fingerprint density at radius 1 is 1.14 bits per heavy atom. The second-order valence-corrected chi connectivity index (χ2v) is 7.43. The highest BCUT2D eigenvalue weighted by molar-refractivity contribution is 6.31. The first-order chi connectivity index (χ1) is 13.4. The third kappa shape index (κ3) is 2.78. The number of hydrogen-bond acceptors (Lipinski definition) is 2. The molecule has 6 heteroatoms. The predicted octanol–water partition coefficient (Wildman–Crippen LogP) is 5.48. The van der Waals surface area contributed by atoms with E-state index >= 15 is 0 Å². The fourth-order valence-electron chi connectivity index (χ4n) is 3.70. The molecule has 0 saturated heterocycles. The number of rotatable bonds is 3. The Hall–Kier alpha value is -3.10. The van der Waals surface area contributed by atoms with Crippen LogP contribution in [0.5, 0.6) is 0 Å².